The smallest absolute Gasteiger partial charge is 0.361 e. The summed E-state index contributed by atoms with van der Waals surface area (Å²) in [5.74, 6) is -1.64. The number of allylic oxidation sites excluding steroid dienone is 5. The molecule has 0 bridgehead atoms. The molecule has 1 heterocycles. The number of halogens is 5. The maximum atomic E-state index is 14.7. The lowest BCUT2D eigenvalue weighted by molar-refractivity contribution is -0.137. The van der Waals surface area contributed by atoms with Crippen LogP contribution in [-0.2, 0) is 11.7 Å². The Balaban J connectivity index is 1.89. The second kappa shape index (κ2) is 11.3. The number of aliphatic hydroxyl groups excluding tert-OH is 1. The van der Waals surface area contributed by atoms with Gasteiger partial charge in [-0.1, -0.05) is 42.5 Å². The van der Waals surface area contributed by atoms with Crippen LogP contribution < -0.4 is 10.6 Å². The summed E-state index contributed by atoms with van der Waals surface area (Å²) in [6, 6.07) is 11.0. The highest BCUT2D eigenvalue weighted by atomic mass is 19.4. The SMILES string of the molecule is Cc1ccc(C(CC2=CCC=CC=C2)(NC(O)Nc2cccc(F)c2)c2cc(F)cc(C(F)(F)F)c2)nc1. The fraction of sp³-hybridized carbons (Fsp3) is 0.207. The number of nitrogens with one attached hydrogen (secondary N) is 2. The van der Waals surface area contributed by atoms with Crippen molar-refractivity contribution in [2.24, 2.45) is 0 Å². The number of nitrogens with zero attached hydrogens (tertiary/aromatic N) is 1. The Bertz CT molecular complexity index is 1370. The summed E-state index contributed by atoms with van der Waals surface area (Å²) in [6.45, 7) is 1.80. The van der Waals surface area contributed by atoms with E-state index in [4.69, 9.17) is 0 Å². The molecule has 198 valence electrons. The van der Waals surface area contributed by atoms with Gasteiger partial charge in [0.25, 0.3) is 0 Å². The van der Waals surface area contributed by atoms with Crippen molar-refractivity contribution in [3.63, 3.8) is 0 Å². The predicted molar refractivity (Wildman–Crippen MR) is 136 cm³/mol. The van der Waals surface area contributed by atoms with Crippen molar-refractivity contribution >= 4 is 5.69 Å². The Morgan fingerprint density at radius 1 is 0.974 bits per heavy atom. The molecule has 0 aliphatic heterocycles. The van der Waals surface area contributed by atoms with Crippen molar-refractivity contribution < 1.29 is 27.1 Å². The average molecular weight is 528 g/mol. The Kier molecular flexibility index (Phi) is 8.08. The average Bonchev–Trinajstić information content (AvgIpc) is 3.11. The molecular formula is C29H26F5N3O. The van der Waals surface area contributed by atoms with Crippen LogP contribution in [0.5, 0.6) is 0 Å². The van der Waals surface area contributed by atoms with Gasteiger partial charge in [0.1, 0.15) is 11.6 Å². The second-order valence-corrected chi connectivity index (χ2v) is 9.03. The van der Waals surface area contributed by atoms with E-state index in [0.29, 0.717) is 12.5 Å². The zero-order valence-corrected chi connectivity index (χ0v) is 20.4. The fourth-order valence-electron chi connectivity index (χ4n) is 4.34. The minimum Gasteiger partial charge on any atom is -0.361 e. The summed E-state index contributed by atoms with van der Waals surface area (Å²) in [5, 5.41) is 16.7. The number of aryl methyl sites for hydroxylation is 1. The Hall–Kier alpha value is -3.82. The van der Waals surface area contributed by atoms with Gasteiger partial charge in [0.05, 0.1) is 16.8 Å². The van der Waals surface area contributed by atoms with E-state index in [-0.39, 0.29) is 23.4 Å². The summed E-state index contributed by atoms with van der Waals surface area (Å²) < 4.78 is 69.8. The molecule has 4 rings (SSSR count). The monoisotopic (exact) mass is 527 g/mol. The van der Waals surface area contributed by atoms with Gasteiger partial charge in [0.15, 0.2) is 6.35 Å². The van der Waals surface area contributed by atoms with Crippen molar-refractivity contribution in [2.75, 3.05) is 5.32 Å². The number of rotatable bonds is 8. The van der Waals surface area contributed by atoms with E-state index >= 15 is 0 Å². The van der Waals surface area contributed by atoms with E-state index in [1.165, 1.54) is 18.2 Å². The second-order valence-electron chi connectivity index (χ2n) is 9.03. The summed E-state index contributed by atoms with van der Waals surface area (Å²) in [6.07, 6.45) is 4.95. The number of benzene rings is 2. The standard InChI is InChI=1S/C29H26F5N3O/c1-19-11-12-26(35-18-19)28(17-20-7-4-2-3-5-8-20,21-13-22(29(32,33)34)15-24(31)14-21)37-27(38)36-25-10-6-9-23(30)16-25/h2-4,6-16,18,27,36-38H,5,17H2,1H3. The molecule has 0 radical (unpaired) electrons. The van der Waals surface area contributed by atoms with Crippen LogP contribution in [0.3, 0.4) is 0 Å². The van der Waals surface area contributed by atoms with Crippen molar-refractivity contribution in [2.45, 2.75) is 37.8 Å². The summed E-state index contributed by atoms with van der Waals surface area (Å²) >= 11 is 0. The van der Waals surface area contributed by atoms with Crippen LogP contribution in [0, 0.1) is 18.6 Å². The van der Waals surface area contributed by atoms with Gasteiger partial charge in [0.2, 0.25) is 0 Å². The number of hydrogen-bond donors (Lipinski definition) is 3. The summed E-state index contributed by atoms with van der Waals surface area (Å²) in [5.41, 5.74) is -0.888. The first-order chi connectivity index (χ1) is 18.0. The van der Waals surface area contributed by atoms with E-state index in [2.05, 4.69) is 15.6 Å². The zero-order valence-electron chi connectivity index (χ0n) is 20.4. The molecule has 38 heavy (non-hydrogen) atoms. The molecule has 3 N–H and O–H groups in total. The van der Waals surface area contributed by atoms with Crippen molar-refractivity contribution in [3.05, 3.63) is 131 Å². The van der Waals surface area contributed by atoms with Crippen molar-refractivity contribution in [1.29, 1.82) is 0 Å². The lowest BCUT2D eigenvalue weighted by atomic mass is 9.79. The minimum absolute atomic E-state index is 0.0177. The molecular weight excluding hydrogens is 501 g/mol. The number of alkyl halides is 3. The largest absolute Gasteiger partial charge is 0.416 e. The van der Waals surface area contributed by atoms with Gasteiger partial charge >= 0.3 is 6.18 Å². The van der Waals surface area contributed by atoms with Crippen molar-refractivity contribution in [1.82, 2.24) is 10.3 Å². The molecule has 2 atom stereocenters. The third-order valence-corrected chi connectivity index (χ3v) is 6.12. The molecule has 3 aromatic rings. The van der Waals surface area contributed by atoms with Gasteiger partial charge in [-0.3, -0.25) is 10.3 Å². The first kappa shape index (κ1) is 27.2. The molecule has 2 unspecified atom stereocenters. The van der Waals surface area contributed by atoms with Crippen LogP contribution in [0.15, 0.2) is 96.7 Å². The van der Waals surface area contributed by atoms with E-state index in [9.17, 15) is 27.1 Å². The van der Waals surface area contributed by atoms with Gasteiger partial charge in [-0.05, 0) is 72.5 Å². The van der Waals surface area contributed by atoms with Gasteiger partial charge < -0.3 is 10.4 Å². The number of pyridine rings is 1. The lowest BCUT2D eigenvalue weighted by Crippen LogP contribution is -2.52. The third kappa shape index (κ3) is 6.54. The van der Waals surface area contributed by atoms with Crippen LogP contribution in [0.4, 0.5) is 27.6 Å². The minimum atomic E-state index is -4.81. The first-order valence-corrected chi connectivity index (χ1v) is 11.9. The molecule has 0 saturated carbocycles. The summed E-state index contributed by atoms with van der Waals surface area (Å²) in [4.78, 5) is 4.48. The molecule has 0 spiro atoms. The van der Waals surface area contributed by atoms with Crippen LogP contribution >= 0.6 is 0 Å². The summed E-state index contributed by atoms with van der Waals surface area (Å²) in [7, 11) is 0. The van der Waals surface area contributed by atoms with E-state index in [1.54, 1.807) is 37.4 Å². The molecule has 0 saturated heterocycles. The Morgan fingerprint density at radius 3 is 2.47 bits per heavy atom. The molecule has 2 aromatic carbocycles. The normalized spacial score (nSPS) is 15.9. The van der Waals surface area contributed by atoms with Crippen LogP contribution in [0.2, 0.25) is 0 Å². The maximum Gasteiger partial charge on any atom is 0.416 e. The molecule has 1 aliphatic carbocycles. The Morgan fingerprint density at radius 2 is 1.76 bits per heavy atom. The zero-order chi connectivity index (χ0) is 27.3. The first-order valence-electron chi connectivity index (χ1n) is 11.9. The number of hydrogen-bond acceptors (Lipinski definition) is 4. The van der Waals surface area contributed by atoms with Crippen LogP contribution in [0.25, 0.3) is 0 Å². The van der Waals surface area contributed by atoms with Gasteiger partial charge in [0, 0.05) is 18.3 Å². The molecule has 1 aliphatic rings. The third-order valence-electron chi connectivity index (χ3n) is 6.12. The van der Waals surface area contributed by atoms with Gasteiger partial charge in [-0.15, -0.1) is 0 Å². The number of aliphatic hydroxyl groups is 1. The van der Waals surface area contributed by atoms with Crippen LogP contribution in [0.1, 0.15) is 35.2 Å². The highest BCUT2D eigenvalue weighted by molar-refractivity contribution is 5.46. The molecule has 0 amide bonds. The Labute approximate surface area is 217 Å². The van der Waals surface area contributed by atoms with Gasteiger partial charge in [-0.25, -0.2) is 8.78 Å². The topological polar surface area (TPSA) is 57.2 Å². The van der Waals surface area contributed by atoms with E-state index < -0.39 is 35.3 Å². The quantitative estimate of drug-likeness (QED) is 0.224. The molecule has 1 aromatic heterocycles. The maximum absolute atomic E-state index is 14.7. The molecule has 0 fully saturated rings. The fourth-order valence-corrected chi connectivity index (χ4v) is 4.34. The molecule has 4 nitrogen and oxygen atoms in total. The lowest BCUT2D eigenvalue weighted by Gasteiger charge is -2.38. The van der Waals surface area contributed by atoms with E-state index in [1.807, 2.05) is 18.2 Å². The highest BCUT2D eigenvalue weighted by Crippen LogP contribution is 2.40. The highest BCUT2D eigenvalue weighted by Gasteiger charge is 2.41. The number of anilines is 1. The van der Waals surface area contributed by atoms with Crippen molar-refractivity contribution in [3.8, 4) is 0 Å². The predicted octanol–water partition coefficient (Wildman–Crippen LogP) is 6.74. The van der Waals surface area contributed by atoms with Gasteiger partial charge in [-0.2, -0.15) is 13.2 Å². The molecule has 9 heteroatoms. The van der Waals surface area contributed by atoms with Crippen LogP contribution in [-0.4, -0.2) is 16.4 Å². The number of aromatic nitrogens is 1. The van der Waals surface area contributed by atoms with E-state index in [0.717, 1.165) is 29.3 Å².